The molecule has 0 spiro atoms. The Bertz CT molecular complexity index is 697. The van der Waals surface area contributed by atoms with Gasteiger partial charge in [-0.1, -0.05) is 6.07 Å². The summed E-state index contributed by atoms with van der Waals surface area (Å²) in [4.78, 5) is 14.3. The summed E-state index contributed by atoms with van der Waals surface area (Å²) in [5.74, 6) is 1.33. The van der Waals surface area contributed by atoms with E-state index in [0.29, 0.717) is 37.4 Å². The van der Waals surface area contributed by atoms with Gasteiger partial charge in [0.2, 0.25) is 15.9 Å². The minimum Gasteiger partial charge on any atom is -0.493 e. The number of piperidine rings is 1. The smallest absolute Gasteiger partial charge is 0.226 e. The molecule has 1 aliphatic heterocycles. The van der Waals surface area contributed by atoms with E-state index in [1.807, 2.05) is 6.07 Å². The summed E-state index contributed by atoms with van der Waals surface area (Å²) >= 11 is 0. The zero-order chi connectivity index (χ0) is 18.4. The number of hydrogen-bond donors (Lipinski definition) is 1. The van der Waals surface area contributed by atoms with Crippen LogP contribution in [0.15, 0.2) is 18.2 Å². The predicted molar refractivity (Wildman–Crippen MR) is 95.4 cm³/mol. The van der Waals surface area contributed by atoms with Crippen LogP contribution in [0.5, 0.6) is 11.5 Å². The molecule has 0 bridgehead atoms. The number of methoxy groups -OCH3 is 2. The van der Waals surface area contributed by atoms with Crippen LogP contribution in [0.3, 0.4) is 0 Å². The molecule has 1 saturated heterocycles. The van der Waals surface area contributed by atoms with E-state index in [4.69, 9.17) is 9.47 Å². The van der Waals surface area contributed by atoms with Gasteiger partial charge >= 0.3 is 0 Å². The van der Waals surface area contributed by atoms with Gasteiger partial charge in [0, 0.05) is 19.1 Å². The molecule has 0 aliphatic carbocycles. The molecule has 25 heavy (non-hydrogen) atoms. The first-order valence-corrected chi connectivity index (χ1v) is 10.0. The summed E-state index contributed by atoms with van der Waals surface area (Å²) in [5, 5.41) is 0. The van der Waals surface area contributed by atoms with E-state index in [1.54, 1.807) is 38.2 Å². The largest absolute Gasteiger partial charge is 0.493 e. The third kappa shape index (κ3) is 5.34. The number of carbonyl (C=O) groups is 1. The molecule has 0 radical (unpaired) electrons. The number of hydrogen-bond acceptors (Lipinski definition) is 5. The molecule has 1 heterocycles. The lowest BCUT2D eigenvalue weighted by Gasteiger charge is -2.32. The van der Waals surface area contributed by atoms with E-state index in [1.165, 1.54) is 0 Å². The first kappa shape index (κ1) is 19.5. The minimum atomic E-state index is -3.20. The van der Waals surface area contributed by atoms with Crippen LogP contribution in [0.4, 0.5) is 0 Å². The van der Waals surface area contributed by atoms with Crippen molar-refractivity contribution >= 4 is 15.9 Å². The summed E-state index contributed by atoms with van der Waals surface area (Å²) < 4.78 is 36.4. The molecule has 1 aliphatic rings. The standard InChI is InChI=1S/C17H26N2O5S/c1-4-25(21,22)18-14-7-9-19(10-8-14)17(20)12-13-5-6-15(23-2)16(11-13)24-3/h5-6,11,14,18H,4,7-10,12H2,1-3H3. The molecule has 1 N–H and O–H groups in total. The van der Waals surface area contributed by atoms with E-state index in [0.717, 1.165) is 5.56 Å². The monoisotopic (exact) mass is 370 g/mol. The molecule has 1 fully saturated rings. The Balaban J connectivity index is 1.91. The Morgan fingerprint density at radius 3 is 2.40 bits per heavy atom. The van der Waals surface area contributed by atoms with Gasteiger partial charge in [0.25, 0.3) is 0 Å². The second kappa shape index (κ2) is 8.53. The molecule has 7 nitrogen and oxygen atoms in total. The second-order valence-electron chi connectivity index (χ2n) is 6.04. The van der Waals surface area contributed by atoms with Gasteiger partial charge < -0.3 is 14.4 Å². The van der Waals surface area contributed by atoms with Gasteiger partial charge in [-0.25, -0.2) is 13.1 Å². The lowest BCUT2D eigenvalue weighted by molar-refractivity contribution is -0.131. The number of benzene rings is 1. The lowest BCUT2D eigenvalue weighted by atomic mass is 10.0. The van der Waals surface area contributed by atoms with Gasteiger partial charge in [0.15, 0.2) is 11.5 Å². The Morgan fingerprint density at radius 1 is 1.20 bits per heavy atom. The van der Waals surface area contributed by atoms with Crippen LogP contribution in [0, 0.1) is 0 Å². The van der Waals surface area contributed by atoms with Crippen LogP contribution in [-0.2, 0) is 21.2 Å². The number of sulfonamides is 1. The van der Waals surface area contributed by atoms with Crippen molar-refractivity contribution in [3.05, 3.63) is 23.8 Å². The third-order valence-corrected chi connectivity index (χ3v) is 5.83. The number of ether oxygens (including phenoxy) is 2. The maximum absolute atomic E-state index is 12.5. The first-order chi connectivity index (χ1) is 11.9. The van der Waals surface area contributed by atoms with Crippen molar-refractivity contribution in [2.75, 3.05) is 33.1 Å². The van der Waals surface area contributed by atoms with Crippen LogP contribution in [0.2, 0.25) is 0 Å². The molecule has 1 aromatic rings. The van der Waals surface area contributed by atoms with E-state index in [9.17, 15) is 13.2 Å². The van der Waals surface area contributed by atoms with Crippen LogP contribution in [-0.4, -0.2) is 58.3 Å². The molecule has 1 amide bonds. The topological polar surface area (TPSA) is 84.9 Å². The van der Waals surface area contributed by atoms with E-state index >= 15 is 0 Å². The zero-order valence-corrected chi connectivity index (χ0v) is 15.8. The number of nitrogens with zero attached hydrogens (tertiary/aromatic N) is 1. The summed E-state index contributed by atoms with van der Waals surface area (Å²) in [6.07, 6.45) is 1.56. The van der Waals surface area contributed by atoms with Gasteiger partial charge in [-0.15, -0.1) is 0 Å². The fourth-order valence-corrected chi connectivity index (χ4v) is 3.77. The molecule has 8 heteroatoms. The molecular formula is C17H26N2O5S. The molecule has 0 aromatic heterocycles. The highest BCUT2D eigenvalue weighted by Gasteiger charge is 2.25. The zero-order valence-electron chi connectivity index (χ0n) is 14.9. The molecule has 0 atom stereocenters. The number of nitrogens with one attached hydrogen (secondary N) is 1. The summed E-state index contributed by atoms with van der Waals surface area (Å²) in [7, 11) is -0.0688. The highest BCUT2D eigenvalue weighted by molar-refractivity contribution is 7.89. The molecule has 1 aromatic carbocycles. The van der Waals surface area contributed by atoms with Crippen molar-refractivity contribution in [2.24, 2.45) is 0 Å². The quantitative estimate of drug-likeness (QED) is 0.779. The number of rotatable bonds is 7. The summed E-state index contributed by atoms with van der Waals surface area (Å²) in [6, 6.07) is 5.35. The number of carbonyl (C=O) groups excluding carboxylic acids is 1. The van der Waals surface area contributed by atoms with Crippen LogP contribution in [0.1, 0.15) is 25.3 Å². The van der Waals surface area contributed by atoms with Crippen LogP contribution >= 0.6 is 0 Å². The minimum absolute atomic E-state index is 0.0315. The maximum Gasteiger partial charge on any atom is 0.226 e. The van der Waals surface area contributed by atoms with Crippen LogP contribution < -0.4 is 14.2 Å². The van der Waals surface area contributed by atoms with E-state index < -0.39 is 10.0 Å². The maximum atomic E-state index is 12.5. The first-order valence-electron chi connectivity index (χ1n) is 8.37. The second-order valence-corrected chi connectivity index (χ2v) is 8.08. The molecule has 140 valence electrons. The fourth-order valence-electron chi connectivity index (χ4n) is 2.86. The van der Waals surface area contributed by atoms with Gasteiger partial charge in [0.1, 0.15) is 0 Å². The SMILES string of the molecule is CCS(=O)(=O)NC1CCN(C(=O)Cc2ccc(OC)c(OC)c2)CC1. The predicted octanol–water partition coefficient (Wildman–Crippen LogP) is 1.18. The molecule has 0 saturated carbocycles. The van der Waals surface area contributed by atoms with Crippen molar-refractivity contribution in [1.82, 2.24) is 9.62 Å². The van der Waals surface area contributed by atoms with Gasteiger partial charge in [-0.2, -0.15) is 0 Å². The van der Waals surface area contributed by atoms with Crippen molar-refractivity contribution in [3.8, 4) is 11.5 Å². The fraction of sp³-hybridized carbons (Fsp3) is 0.588. The van der Waals surface area contributed by atoms with Gasteiger partial charge in [-0.3, -0.25) is 4.79 Å². The Hall–Kier alpha value is -1.80. The normalized spacial score (nSPS) is 15.9. The third-order valence-electron chi connectivity index (χ3n) is 4.38. The highest BCUT2D eigenvalue weighted by Crippen LogP contribution is 2.28. The molecular weight excluding hydrogens is 344 g/mol. The Kier molecular flexibility index (Phi) is 6.66. The summed E-state index contributed by atoms with van der Waals surface area (Å²) in [6.45, 7) is 2.73. The average Bonchev–Trinajstić information content (AvgIpc) is 2.61. The van der Waals surface area contributed by atoms with Crippen molar-refractivity contribution in [1.29, 1.82) is 0 Å². The van der Waals surface area contributed by atoms with Gasteiger partial charge in [0.05, 0.1) is 26.4 Å². The molecule has 2 rings (SSSR count). The van der Waals surface area contributed by atoms with Gasteiger partial charge in [-0.05, 0) is 37.5 Å². The van der Waals surface area contributed by atoms with E-state index in [-0.39, 0.29) is 24.1 Å². The number of likely N-dealkylation sites (tertiary alicyclic amines) is 1. The van der Waals surface area contributed by atoms with Crippen molar-refractivity contribution in [2.45, 2.75) is 32.2 Å². The molecule has 0 unspecified atom stereocenters. The Morgan fingerprint density at radius 2 is 1.84 bits per heavy atom. The van der Waals surface area contributed by atoms with Crippen LogP contribution in [0.25, 0.3) is 0 Å². The highest BCUT2D eigenvalue weighted by atomic mass is 32.2. The van der Waals surface area contributed by atoms with Crippen molar-refractivity contribution < 1.29 is 22.7 Å². The summed E-state index contributed by atoms with van der Waals surface area (Å²) in [5.41, 5.74) is 0.858. The average molecular weight is 370 g/mol. The lowest BCUT2D eigenvalue weighted by Crippen LogP contribution is -2.47. The Labute approximate surface area is 149 Å². The van der Waals surface area contributed by atoms with E-state index in [2.05, 4.69) is 4.72 Å². The number of amides is 1. The van der Waals surface area contributed by atoms with Crippen molar-refractivity contribution in [3.63, 3.8) is 0 Å².